The van der Waals surface area contributed by atoms with Gasteiger partial charge in [-0.15, -0.1) is 0 Å². The van der Waals surface area contributed by atoms with Gasteiger partial charge in [-0.25, -0.2) is 0 Å². The van der Waals surface area contributed by atoms with Crippen molar-refractivity contribution in [2.75, 3.05) is 4.90 Å². The fourth-order valence-electron chi connectivity index (χ4n) is 7.41. The van der Waals surface area contributed by atoms with Crippen molar-refractivity contribution in [3.05, 3.63) is 163 Å². The van der Waals surface area contributed by atoms with E-state index < -0.39 is 0 Å². The van der Waals surface area contributed by atoms with E-state index in [1.54, 1.807) is 0 Å². The predicted molar refractivity (Wildman–Crippen MR) is 189 cm³/mol. The van der Waals surface area contributed by atoms with Crippen LogP contribution in [0.5, 0.6) is 0 Å². The van der Waals surface area contributed by atoms with Crippen LogP contribution >= 0.6 is 0 Å². The van der Waals surface area contributed by atoms with Crippen LogP contribution in [0.4, 0.5) is 17.1 Å². The third kappa shape index (κ3) is 3.89. The highest BCUT2D eigenvalue weighted by Gasteiger charge is 2.35. The molecule has 0 N–H and O–H groups in total. The Balaban J connectivity index is 1.30. The molecule has 1 heterocycles. The van der Waals surface area contributed by atoms with Gasteiger partial charge in [0.05, 0.1) is 5.69 Å². The molecule has 8 aromatic rings. The Kier molecular flexibility index (Phi) is 5.58. The number of benzene rings is 7. The van der Waals surface area contributed by atoms with Gasteiger partial charge in [-0.3, -0.25) is 0 Å². The van der Waals surface area contributed by atoms with E-state index in [-0.39, 0.29) is 5.41 Å². The minimum atomic E-state index is -0.0897. The van der Waals surface area contributed by atoms with Crippen molar-refractivity contribution in [2.45, 2.75) is 19.3 Å². The maximum atomic E-state index is 6.68. The monoisotopic (exact) mass is 577 g/mol. The maximum absolute atomic E-state index is 6.68. The van der Waals surface area contributed by atoms with E-state index >= 15 is 0 Å². The molecule has 0 spiro atoms. The summed E-state index contributed by atoms with van der Waals surface area (Å²) in [7, 11) is 0. The standard InChI is InChI=1S/C43H31NO/c1-43(2)38-20-12-11-17-32(38)33-24-22-31(26-39(33)43)44(30-15-7-4-8-16-30)40-27-37-35-23-21-29(28-13-5-3-6-14-28)25-41(35)45-42(37)36-19-10-9-18-34(36)40/h3-27H,1-2H3. The molecule has 0 radical (unpaired) electrons. The predicted octanol–water partition coefficient (Wildman–Crippen LogP) is 12.2. The van der Waals surface area contributed by atoms with Crippen molar-refractivity contribution in [1.29, 1.82) is 0 Å². The summed E-state index contributed by atoms with van der Waals surface area (Å²) in [4.78, 5) is 2.41. The molecule has 0 saturated heterocycles. The van der Waals surface area contributed by atoms with Crippen LogP contribution in [0.2, 0.25) is 0 Å². The highest BCUT2D eigenvalue weighted by Crippen LogP contribution is 2.51. The molecule has 214 valence electrons. The molecule has 2 nitrogen and oxygen atoms in total. The van der Waals surface area contributed by atoms with Gasteiger partial charge in [0.25, 0.3) is 0 Å². The van der Waals surface area contributed by atoms with E-state index in [0.29, 0.717) is 0 Å². The van der Waals surface area contributed by atoms with E-state index in [9.17, 15) is 0 Å². The molecular formula is C43H31NO. The second-order valence-corrected chi connectivity index (χ2v) is 12.6. The smallest absolute Gasteiger partial charge is 0.143 e. The topological polar surface area (TPSA) is 16.4 Å². The molecule has 0 fully saturated rings. The minimum absolute atomic E-state index is 0.0897. The zero-order valence-electron chi connectivity index (χ0n) is 25.3. The lowest BCUT2D eigenvalue weighted by Crippen LogP contribution is -2.16. The number of hydrogen-bond donors (Lipinski definition) is 0. The van der Waals surface area contributed by atoms with E-state index in [0.717, 1.165) is 55.3 Å². The lowest BCUT2D eigenvalue weighted by Gasteiger charge is -2.29. The molecular weight excluding hydrogens is 546 g/mol. The lowest BCUT2D eigenvalue weighted by atomic mass is 9.82. The first-order valence-electron chi connectivity index (χ1n) is 15.6. The van der Waals surface area contributed by atoms with Crippen LogP contribution in [0.25, 0.3) is 55.0 Å². The van der Waals surface area contributed by atoms with Crippen molar-refractivity contribution in [3.8, 4) is 22.3 Å². The average Bonchev–Trinajstić information content (AvgIpc) is 3.57. The summed E-state index contributed by atoms with van der Waals surface area (Å²) in [6.45, 7) is 4.69. The van der Waals surface area contributed by atoms with E-state index in [2.05, 4.69) is 170 Å². The Bertz CT molecular complexity index is 2400. The number of hydrogen-bond acceptors (Lipinski definition) is 2. The van der Waals surface area contributed by atoms with Crippen LogP contribution in [0.1, 0.15) is 25.0 Å². The Morgan fingerprint density at radius 1 is 0.467 bits per heavy atom. The molecule has 0 amide bonds. The summed E-state index contributed by atoms with van der Waals surface area (Å²) in [5, 5.41) is 4.50. The Morgan fingerprint density at radius 3 is 1.98 bits per heavy atom. The molecule has 0 unspecified atom stereocenters. The fraction of sp³-hybridized carbons (Fsp3) is 0.0698. The maximum Gasteiger partial charge on any atom is 0.143 e. The highest BCUT2D eigenvalue weighted by atomic mass is 16.3. The zero-order valence-corrected chi connectivity index (χ0v) is 25.3. The SMILES string of the molecule is CC1(C)c2ccccc2-c2ccc(N(c3ccccc3)c3cc4c5ccc(-c6ccccc6)cc5oc4c4ccccc34)cc21. The first-order valence-corrected chi connectivity index (χ1v) is 15.6. The summed E-state index contributed by atoms with van der Waals surface area (Å²) in [6, 6.07) is 54.6. The molecule has 1 aliphatic carbocycles. The molecule has 2 heteroatoms. The van der Waals surface area contributed by atoms with Gasteiger partial charge in [0, 0.05) is 38.3 Å². The van der Waals surface area contributed by atoms with Crippen molar-refractivity contribution in [2.24, 2.45) is 0 Å². The van der Waals surface area contributed by atoms with Crippen LogP contribution in [0.3, 0.4) is 0 Å². The van der Waals surface area contributed by atoms with Gasteiger partial charge in [-0.2, -0.15) is 0 Å². The second kappa shape index (κ2) is 9.70. The highest BCUT2D eigenvalue weighted by molar-refractivity contribution is 6.20. The van der Waals surface area contributed by atoms with Crippen molar-refractivity contribution in [3.63, 3.8) is 0 Å². The van der Waals surface area contributed by atoms with Crippen LogP contribution in [-0.4, -0.2) is 0 Å². The molecule has 0 bridgehead atoms. The molecule has 9 rings (SSSR count). The van der Waals surface area contributed by atoms with Crippen LogP contribution in [-0.2, 0) is 5.41 Å². The summed E-state index contributed by atoms with van der Waals surface area (Å²) in [6.07, 6.45) is 0. The van der Waals surface area contributed by atoms with Crippen LogP contribution in [0.15, 0.2) is 156 Å². The number of nitrogens with zero attached hydrogens (tertiary/aromatic N) is 1. The van der Waals surface area contributed by atoms with Gasteiger partial charge in [-0.05, 0) is 75.8 Å². The summed E-state index contributed by atoms with van der Waals surface area (Å²) >= 11 is 0. The minimum Gasteiger partial charge on any atom is -0.455 e. The quantitative estimate of drug-likeness (QED) is 0.207. The molecule has 1 aromatic heterocycles. The number of anilines is 3. The summed E-state index contributed by atoms with van der Waals surface area (Å²) in [5.41, 5.74) is 12.9. The fourth-order valence-corrected chi connectivity index (χ4v) is 7.41. The normalized spacial score (nSPS) is 13.3. The van der Waals surface area contributed by atoms with Gasteiger partial charge >= 0.3 is 0 Å². The lowest BCUT2D eigenvalue weighted by molar-refractivity contribution is 0.660. The Hall–Kier alpha value is -5.60. The Morgan fingerprint density at radius 2 is 1.16 bits per heavy atom. The van der Waals surface area contributed by atoms with Gasteiger partial charge in [0.2, 0.25) is 0 Å². The number of fused-ring (bicyclic) bond motifs is 8. The van der Waals surface area contributed by atoms with E-state index in [1.807, 2.05) is 0 Å². The molecule has 1 aliphatic rings. The Labute approximate surface area is 262 Å². The van der Waals surface area contributed by atoms with E-state index in [4.69, 9.17) is 4.42 Å². The van der Waals surface area contributed by atoms with Crippen molar-refractivity contribution >= 4 is 49.8 Å². The van der Waals surface area contributed by atoms with Gasteiger partial charge in [0.1, 0.15) is 11.2 Å². The van der Waals surface area contributed by atoms with Gasteiger partial charge in [0.15, 0.2) is 0 Å². The molecule has 0 aliphatic heterocycles. The summed E-state index contributed by atoms with van der Waals surface area (Å²) < 4.78 is 6.68. The molecule has 7 aromatic carbocycles. The van der Waals surface area contributed by atoms with Crippen molar-refractivity contribution < 1.29 is 4.42 Å². The molecule has 0 saturated carbocycles. The van der Waals surface area contributed by atoms with Crippen molar-refractivity contribution in [1.82, 2.24) is 0 Å². The number of para-hydroxylation sites is 1. The largest absolute Gasteiger partial charge is 0.455 e. The van der Waals surface area contributed by atoms with Crippen LogP contribution < -0.4 is 4.90 Å². The van der Waals surface area contributed by atoms with Gasteiger partial charge in [-0.1, -0.05) is 123 Å². The third-order valence-electron chi connectivity index (χ3n) is 9.64. The first-order chi connectivity index (χ1) is 22.1. The second-order valence-electron chi connectivity index (χ2n) is 12.6. The number of furan rings is 1. The average molecular weight is 578 g/mol. The molecule has 45 heavy (non-hydrogen) atoms. The van der Waals surface area contributed by atoms with Gasteiger partial charge < -0.3 is 9.32 Å². The first kappa shape index (κ1) is 25.9. The zero-order chi connectivity index (χ0) is 30.1. The van der Waals surface area contributed by atoms with Crippen LogP contribution in [0, 0.1) is 0 Å². The number of rotatable bonds is 4. The molecule has 0 atom stereocenters. The van der Waals surface area contributed by atoms with E-state index in [1.165, 1.54) is 27.8 Å². The summed E-state index contributed by atoms with van der Waals surface area (Å²) in [5.74, 6) is 0. The third-order valence-corrected chi connectivity index (χ3v) is 9.64.